The summed E-state index contributed by atoms with van der Waals surface area (Å²) in [5.41, 5.74) is 2.63. The Kier molecular flexibility index (Phi) is 6.08. The van der Waals surface area contributed by atoms with Crippen molar-refractivity contribution in [3.05, 3.63) is 54.0 Å². The largest absolute Gasteiger partial charge is 0.469 e. The molecule has 3 heteroatoms. The highest BCUT2D eigenvalue weighted by atomic mass is 16.3. The fraction of sp³-hybridized carbons (Fsp3) is 0.474. The van der Waals surface area contributed by atoms with Crippen molar-refractivity contribution < 1.29 is 9.73 Å². The van der Waals surface area contributed by atoms with Crippen molar-refractivity contribution in [2.45, 2.75) is 32.7 Å². The molecule has 2 rings (SSSR count). The molecule has 1 aromatic carbocycles. The molecule has 0 aliphatic rings. The Balaban J connectivity index is 1.78. The number of quaternary nitrogens is 1. The van der Waals surface area contributed by atoms with E-state index >= 15 is 0 Å². The summed E-state index contributed by atoms with van der Waals surface area (Å²) < 4.78 is 5.59. The first-order valence-corrected chi connectivity index (χ1v) is 8.19. The molecule has 22 heavy (non-hydrogen) atoms. The first-order valence-electron chi connectivity index (χ1n) is 8.19. The fourth-order valence-electron chi connectivity index (χ4n) is 2.80. The van der Waals surface area contributed by atoms with Crippen LogP contribution in [0.3, 0.4) is 0 Å². The van der Waals surface area contributed by atoms with Crippen molar-refractivity contribution in [1.82, 2.24) is 0 Å². The highest BCUT2D eigenvalue weighted by Gasteiger charge is 2.18. The predicted molar refractivity (Wildman–Crippen MR) is 92.2 cm³/mol. The molecule has 0 spiro atoms. The molecule has 1 heterocycles. The third-order valence-electron chi connectivity index (χ3n) is 4.23. The van der Waals surface area contributed by atoms with Crippen molar-refractivity contribution in [2.75, 3.05) is 25.5 Å². The van der Waals surface area contributed by atoms with Gasteiger partial charge in [0.15, 0.2) is 0 Å². The summed E-state index contributed by atoms with van der Waals surface area (Å²) >= 11 is 0. The van der Waals surface area contributed by atoms with Crippen LogP contribution in [0.15, 0.2) is 47.1 Å². The van der Waals surface area contributed by atoms with Gasteiger partial charge in [0.05, 0.1) is 12.8 Å². The number of hydrogen-bond acceptors (Lipinski definition) is 2. The first-order chi connectivity index (χ1) is 10.6. The van der Waals surface area contributed by atoms with Crippen LogP contribution in [-0.2, 0) is 6.54 Å². The van der Waals surface area contributed by atoms with Crippen LogP contribution in [0.5, 0.6) is 0 Å². The highest BCUT2D eigenvalue weighted by molar-refractivity contribution is 5.45. The molecule has 1 atom stereocenters. The Morgan fingerprint density at radius 2 is 1.82 bits per heavy atom. The van der Waals surface area contributed by atoms with Gasteiger partial charge in [-0.1, -0.05) is 26.0 Å². The van der Waals surface area contributed by atoms with Gasteiger partial charge in [-0.2, -0.15) is 0 Å². The fourth-order valence-corrected chi connectivity index (χ4v) is 2.80. The first kappa shape index (κ1) is 16.6. The van der Waals surface area contributed by atoms with Gasteiger partial charge < -0.3 is 14.6 Å². The van der Waals surface area contributed by atoms with Crippen LogP contribution >= 0.6 is 0 Å². The monoisotopic (exact) mass is 301 g/mol. The maximum absolute atomic E-state index is 5.59. The number of nitrogens with zero attached hydrogens (tertiary/aromatic N) is 1. The maximum atomic E-state index is 5.59. The predicted octanol–water partition coefficient (Wildman–Crippen LogP) is 3.24. The standard InChI is InChI=1S/C19H28N2O/c1-15(2)18(19-6-5-13-22-19)11-12-20-14-16-7-9-17(10-8-16)21(3)4/h5-10,13,15,18,20H,11-12,14H2,1-4H3/p+1/t18-/m1/s1. The Labute approximate surface area is 134 Å². The third kappa shape index (κ3) is 4.63. The number of hydrogen-bond donors (Lipinski definition) is 1. The molecule has 1 aromatic heterocycles. The van der Waals surface area contributed by atoms with Crippen LogP contribution in [-0.4, -0.2) is 20.6 Å². The molecule has 0 saturated carbocycles. The van der Waals surface area contributed by atoms with Gasteiger partial charge in [0.25, 0.3) is 0 Å². The average Bonchev–Trinajstić information content (AvgIpc) is 3.01. The maximum Gasteiger partial charge on any atom is 0.107 e. The zero-order chi connectivity index (χ0) is 15.9. The Morgan fingerprint density at radius 3 is 2.36 bits per heavy atom. The molecule has 2 N–H and O–H groups in total. The van der Waals surface area contributed by atoms with Gasteiger partial charge >= 0.3 is 0 Å². The summed E-state index contributed by atoms with van der Waals surface area (Å²) in [7, 11) is 4.14. The summed E-state index contributed by atoms with van der Waals surface area (Å²) in [5, 5.41) is 2.39. The van der Waals surface area contributed by atoms with Crippen LogP contribution in [0, 0.1) is 5.92 Å². The summed E-state index contributed by atoms with van der Waals surface area (Å²) in [4.78, 5) is 2.13. The third-order valence-corrected chi connectivity index (χ3v) is 4.23. The van der Waals surface area contributed by atoms with Gasteiger partial charge in [0, 0.05) is 37.7 Å². The number of rotatable bonds is 8. The molecular weight excluding hydrogens is 272 g/mol. The van der Waals surface area contributed by atoms with Crippen LogP contribution in [0.1, 0.15) is 37.5 Å². The van der Waals surface area contributed by atoms with Crippen molar-refractivity contribution in [3.63, 3.8) is 0 Å². The zero-order valence-corrected chi connectivity index (χ0v) is 14.3. The molecule has 0 saturated heterocycles. The SMILES string of the molecule is CC(C)[C@@H](CC[NH2+]Cc1ccc(N(C)C)cc1)c1ccco1. The molecule has 0 radical (unpaired) electrons. The Hall–Kier alpha value is -1.74. The second-order valence-electron chi connectivity index (χ2n) is 6.50. The van der Waals surface area contributed by atoms with Crippen LogP contribution in [0.25, 0.3) is 0 Å². The smallest absolute Gasteiger partial charge is 0.107 e. The molecule has 0 aliphatic carbocycles. The summed E-state index contributed by atoms with van der Waals surface area (Å²) in [6.07, 6.45) is 2.93. The van der Waals surface area contributed by atoms with E-state index in [1.165, 1.54) is 11.3 Å². The van der Waals surface area contributed by atoms with Crippen molar-refractivity contribution >= 4 is 5.69 Å². The number of benzene rings is 1. The number of furan rings is 1. The molecule has 120 valence electrons. The van der Waals surface area contributed by atoms with E-state index in [0.29, 0.717) is 11.8 Å². The minimum atomic E-state index is 0.516. The normalized spacial score (nSPS) is 12.6. The van der Waals surface area contributed by atoms with Gasteiger partial charge in [0.1, 0.15) is 12.3 Å². The van der Waals surface area contributed by atoms with E-state index in [0.717, 1.165) is 25.3 Å². The van der Waals surface area contributed by atoms with Gasteiger partial charge in [-0.15, -0.1) is 0 Å². The summed E-state index contributed by atoms with van der Waals surface area (Å²) in [5.74, 6) is 2.25. The Bertz CT molecular complexity index is 529. The van der Waals surface area contributed by atoms with E-state index in [2.05, 4.69) is 68.5 Å². The lowest BCUT2D eigenvalue weighted by atomic mass is 9.90. The van der Waals surface area contributed by atoms with Crippen molar-refractivity contribution in [1.29, 1.82) is 0 Å². The van der Waals surface area contributed by atoms with Crippen molar-refractivity contribution in [3.8, 4) is 0 Å². The van der Waals surface area contributed by atoms with E-state index in [1.807, 2.05) is 6.07 Å². The van der Waals surface area contributed by atoms with Gasteiger partial charge in [0.2, 0.25) is 0 Å². The van der Waals surface area contributed by atoms with Crippen molar-refractivity contribution in [2.24, 2.45) is 5.92 Å². The van der Waals surface area contributed by atoms with E-state index in [1.54, 1.807) is 6.26 Å². The molecule has 0 unspecified atom stereocenters. The minimum Gasteiger partial charge on any atom is -0.469 e. The van der Waals surface area contributed by atoms with Gasteiger partial charge in [-0.3, -0.25) is 0 Å². The number of anilines is 1. The number of nitrogens with two attached hydrogens (primary N) is 1. The topological polar surface area (TPSA) is 33.0 Å². The molecular formula is C19H29N2O+. The van der Waals surface area contributed by atoms with E-state index < -0.39 is 0 Å². The second kappa shape index (κ2) is 8.04. The van der Waals surface area contributed by atoms with Gasteiger partial charge in [-0.05, 0) is 30.2 Å². The van der Waals surface area contributed by atoms with E-state index in [4.69, 9.17) is 4.42 Å². The molecule has 0 aliphatic heterocycles. The van der Waals surface area contributed by atoms with Crippen LogP contribution < -0.4 is 10.2 Å². The summed E-state index contributed by atoms with van der Waals surface area (Å²) in [6.45, 7) is 6.70. The highest BCUT2D eigenvalue weighted by Crippen LogP contribution is 2.27. The van der Waals surface area contributed by atoms with Crippen LogP contribution in [0.4, 0.5) is 5.69 Å². The molecule has 3 nitrogen and oxygen atoms in total. The molecule has 0 bridgehead atoms. The van der Waals surface area contributed by atoms with E-state index in [-0.39, 0.29) is 0 Å². The van der Waals surface area contributed by atoms with E-state index in [9.17, 15) is 0 Å². The second-order valence-corrected chi connectivity index (χ2v) is 6.50. The average molecular weight is 301 g/mol. The molecule has 2 aromatic rings. The van der Waals surface area contributed by atoms with Gasteiger partial charge in [-0.25, -0.2) is 0 Å². The molecule has 0 amide bonds. The minimum absolute atomic E-state index is 0.516. The summed E-state index contributed by atoms with van der Waals surface area (Å²) in [6, 6.07) is 12.9. The van der Waals surface area contributed by atoms with Crippen LogP contribution in [0.2, 0.25) is 0 Å². The molecule has 0 fully saturated rings. The zero-order valence-electron chi connectivity index (χ0n) is 14.3. The Morgan fingerprint density at radius 1 is 1.09 bits per heavy atom. The lowest BCUT2D eigenvalue weighted by molar-refractivity contribution is -0.671. The lowest BCUT2D eigenvalue weighted by Gasteiger charge is -2.17. The quantitative estimate of drug-likeness (QED) is 0.759. The lowest BCUT2D eigenvalue weighted by Crippen LogP contribution is -2.82.